The van der Waals surface area contributed by atoms with E-state index in [0.717, 1.165) is 75.9 Å². The van der Waals surface area contributed by atoms with Crippen LogP contribution in [-0.4, -0.2) is 60.8 Å². The lowest BCUT2D eigenvalue weighted by atomic mass is 9.32. The van der Waals surface area contributed by atoms with Gasteiger partial charge in [0.05, 0.1) is 18.3 Å². The summed E-state index contributed by atoms with van der Waals surface area (Å²) in [6.07, 6.45) is 18.2. The predicted octanol–water partition coefficient (Wildman–Crippen LogP) is 11.1. The average Bonchev–Trinajstić information content (AvgIpc) is 3.45. The molecule has 9 nitrogen and oxygen atoms in total. The summed E-state index contributed by atoms with van der Waals surface area (Å²) in [7, 11) is 0. The highest BCUT2D eigenvalue weighted by Crippen LogP contribution is 2.79. The number of aromatic nitrogens is 3. The van der Waals surface area contributed by atoms with Gasteiger partial charge in [-0.05, 0) is 166 Å². The number of piperidine rings is 1. The number of esters is 1. The second kappa shape index (κ2) is 14.0. The molecule has 2 unspecified atom stereocenters. The normalized spacial score (nSPS) is 43.7. The van der Waals surface area contributed by atoms with Crippen molar-refractivity contribution in [3.63, 3.8) is 0 Å². The van der Waals surface area contributed by atoms with Crippen molar-refractivity contribution in [1.29, 1.82) is 0 Å². The number of amides is 1. The van der Waals surface area contributed by atoms with Crippen LogP contribution in [0.1, 0.15) is 208 Å². The zero-order valence-electron chi connectivity index (χ0n) is 39.4. The van der Waals surface area contributed by atoms with E-state index in [2.05, 4.69) is 82.0 Å². The molecule has 0 spiro atoms. The van der Waals surface area contributed by atoms with E-state index in [4.69, 9.17) is 4.74 Å². The van der Waals surface area contributed by atoms with Crippen molar-refractivity contribution in [3.8, 4) is 0 Å². The molecule has 6 aliphatic carbocycles. The highest BCUT2D eigenvalue weighted by molar-refractivity contribution is 5.85. The summed E-state index contributed by atoms with van der Waals surface area (Å²) in [5, 5.41) is 18.6. The number of hydrogen-bond acceptors (Lipinski definition) is 6. The monoisotopic (exact) mass is 829 g/mol. The number of aryl methyl sites for hydroxylation is 1. The number of aliphatic carboxylic acids is 1. The molecule has 6 saturated carbocycles. The molecule has 2 aliphatic heterocycles. The Morgan fingerprint density at radius 1 is 0.750 bits per heavy atom. The van der Waals surface area contributed by atoms with Crippen LogP contribution in [0.15, 0.2) is 0 Å². The maximum atomic E-state index is 15.9. The van der Waals surface area contributed by atoms with Crippen LogP contribution in [-0.2, 0) is 19.1 Å². The lowest BCUT2D eigenvalue weighted by molar-refractivity contribution is -0.252. The minimum Gasteiger partial charge on any atom is -0.481 e. The third-order valence-electron chi connectivity index (χ3n) is 21.0. The number of hydrogen-bond donors (Lipinski definition) is 1. The highest BCUT2D eigenvalue weighted by atomic mass is 16.5. The Labute approximate surface area is 361 Å². The Morgan fingerprint density at radius 2 is 1.43 bits per heavy atom. The third kappa shape index (κ3) is 6.18. The molecule has 0 aromatic carbocycles. The van der Waals surface area contributed by atoms with E-state index in [1.54, 1.807) is 0 Å². The molecule has 12 atom stereocenters. The first kappa shape index (κ1) is 42.8. The van der Waals surface area contributed by atoms with Gasteiger partial charge in [0, 0.05) is 29.5 Å². The van der Waals surface area contributed by atoms with Crippen molar-refractivity contribution in [3.05, 3.63) is 11.6 Å². The van der Waals surface area contributed by atoms with Gasteiger partial charge in [-0.15, -0.1) is 10.2 Å². The molecule has 0 radical (unpaired) electrons. The smallest absolute Gasteiger partial charge is 0.306 e. The molecule has 60 heavy (non-hydrogen) atoms. The van der Waals surface area contributed by atoms with E-state index < -0.39 is 11.4 Å². The fourth-order valence-corrected chi connectivity index (χ4v) is 17.7. The molecule has 8 aliphatic rings. The number of carboxylic acid groups (broad SMARTS) is 1. The van der Waals surface area contributed by atoms with Crippen LogP contribution < -0.4 is 0 Å². The summed E-state index contributed by atoms with van der Waals surface area (Å²) in [6.45, 7) is 25.6. The first-order valence-corrected chi connectivity index (χ1v) is 24.7. The number of carbonyl (C=O) groups excluding carboxylic acids is 2. The van der Waals surface area contributed by atoms with Gasteiger partial charge in [0.25, 0.3) is 0 Å². The van der Waals surface area contributed by atoms with E-state index in [1.165, 1.54) is 38.5 Å². The summed E-state index contributed by atoms with van der Waals surface area (Å²) in [6, 6.07) is 1.01. The summed E-state index contributed by atoms with van der Waals surface area (Å²) < 4.78 is 8.79. The predicted molar refractivity (Wildman–Crippen MR) is 233 cm³/mol. The molecular weight excluding hydrogens is 749 g/mol. The van der Waals surface area contributed by atoms with Gasteiger partial charge in [-0.3, -0.25) is 14.4 Å². The maximum Gasteiger partial charge on any atom is 0.306 e. The van der Waals surface area contributed by atoms with Gasteiger partial charge in [-0.1, -0.05) is 69.2 Å². The van der Waals surface area contributed by atoms with Gasteiger partial charge >= 0.3 is 11.9 Å². The summed E-state index contributed by atoms with van der Waals surface area (Å²) in [4.78, 5) is 43.2. The number of nitrogens with zero attached hydrogens (tertiary/aromatic N) is 4. The van der Waals surface area contributed by atoms with Gasteiger partial charge in [0.2, 0.25) is 5.91 Å². The molecule has 1 aromatic rings. The number of ether oxygens (including phenoxy) is 1. The van der Waals surface area contributed by atoms with Gasteiger partial charge in [0.1, 0.15) is 17.8 Å². The van der Waals surface area contributed by atoms with Gasteiger partial charge in [0.15, 0.2) is 0 Å². The average molecular weight is 829 g/mol. The van der Waals surface area contributed by atoms with E-state index in [9.17, 15) is 14.7 Å². The molecule has 8 fully saturated rings. The molecular formula is C51H80N4O5. The Morgan fingerprint density at radius 3 is 2.07 bits per heavy atom. The summed E-state index contributed by atoms with van der Waals surface area (Å²) >= 11 is 0. The summed E-state index contributed by atoms with van der Waals surface area (Å²) in [5.74, 6) is 4.61. The molecule has 334 valence electrons. The fraction of sp³-hybridized carbons (Fsp3) is 0.902. The second-order valence-electron chi connectivity index (χ2n) is 25.3. The number of fused-ring (bicyclic) bond motifs is 9. The topological polar surface area (TPSA) is 115 Å². The maximum absolute atomic E-state index is 15.9. The molecule has 1 amide bonds. The van der Waals surface area contributed by atoms with E-state index >= 15 is 4.79 Å². The Kier molecular flexibility index (Phi) is 10.0. The minimum absolute atomic E-state index is 0.0449. The van der Waals surface area contributed by atoms with Crippen LogP contribution in [0.25, 0.3) is 0 Å². The van der Waals surface area contributed by atoms with Crippen molar-refractivity contribution in [2.45, 2.75) is 222 Å². The van der Waals surface area contributed by atoms with Crippen molar-refractivity contribution in [1.82, 2.24) is 19.7 Å². The summed E-state index contributed by atoms with van der Waals surface area (Å²) in [5.41, 5.74) is -0.116. The van der Waals surface area contributed by atoms with Gasteiger partial charge in [-0.2, -0.15) is 0 Å². The van der Waals surface area contributed by atoms with Gasteiger partial charge < -0.3 is 19.3 Å². The number of rotatable bonds is 9. The largest absolute Gasteiger partial charge is 0.481 e. The third-order valence-corrected chi connectivity index (χ3v) is 21.0. The zero-order chi connectivity index (χ0) is 43.2. The lowest BCUT2D eigenvalue weighted by Gasteiger charge is -2.73. The molecule has 3 heterocycles. The molecule has 9 rings (SSSR count). The molecule has 2 bridgehead atoms. The number of carboxylic acids is 1. The van der Waals surface area contributed by atoms with Crippen molar-refractivity contribution < 1.29 is 24.2 Å². The van der Waals surface area contributed by atoms with Crippen LogP contribution in [0, 0.1) is 74.4 Å². The Bertz CT molecular complexity index is 1880. The SMILES string of the molecule is Cc1nnc(C(C)C)n1C1CC2CCC(C1)N2C(=O)[C@]12CC[C@@H](C3(C)CC3)[C@@H]1[C@H]1CC[C@@H]3[C@@]4(C)CC[C@H](OC(=O)CC(C)(C)CC(=O)O)C(C)(C)[C@@H]4CC[C@@]3(C)[C@]1(C)CC2. The van der Waals surface area contributed by atoms with Gasteiger partial charge in [-0.25, -0.2) is 0 Å². The first-order chi connectivity index (χ1) is 28.0. The second-order valence-corrected chi connectivity index (χ2v) is 25.3. The Hall–Kier alpha value is -2.45. The minimum atomic E-state index is -0.877. The van der Waals surface area contributed by atoms with E-state index in [0.29, 0.717) is 65.0 Å². The van der Waals surface area contributed by atoms with E-state index in [-0.39, 0.29) is 52.0 Å². The number of carbonyl (C=O) groups is 3. The lowest BCUT2D eigenvalue weighted by Crippen LogP contribution is -2.68. The molecule has 2 saturated heterocycles. The molecule has 1 aromatic heterocycles. The van der Waals surface area contributed by atoms with Crippen molar-refractivity contribution in [2.24, 2.45) is 67.5 Å². The molecule has 1 N–H and O–H groups in total. The Balaban J connectivity index is 0.974. The molecule has 9 heteroatoms. The van der Waals surface area contributed by atoms with Crippen LogP contribution in [0.5, 0.6) is 0 Å². The quantitative estimate of drug-likeness (QED) is 0.247. The first-order valence-electron chi connectivity index (χ1n) is 24.7. The van der Waals surface area contributed by atoms with Crippen molar-refractivity contribution >= 4 is 17.8 Å². The van der Waals surface area contributed by atoms with Crippen molar-refractivity contribution in [2.75, 3.05) is 0 Å². The van der Waals surface area contributed by atoms with Crippen LogP contribution in [0.2, 0.25) is 0 Å². The van der Waals surface area contributed by atoms with Crippen LogP contribution in [0.3, 0.4) is 0 Å². The fourth-order valence-electron chi connectivity index (χ4n) is 17.7. The van der Waals surface area contributed by atoms with Crippen LogP contribution in [0.4, 0.5) is 0 Å². The zero-order valence-corrected chi connectivity index (χ0v) is 39.4. The highest BCUT2D eigenvalue weighted by Gasteiger charge is 2.74. The van der Waals surface area contributed by atoms with Crippen LogP contribution >= 0.6 is 0 Å². The van der Waals surface area contributed by atoms with E-state index in [1.807, 2.05) is 13.8 Å². The standard InChI is InChI=1S/C51H80N4O5/c1-30(2)43-53-52-31(3)54(43)34-26-32-12-13-33(27-34)55(32)44(59)51-21-16-35(47(8)22-23-47)42(51)36-14-15-38-48(9)19-18-39(60-41(58)29-45(4,5)28-40(56)57)46(6,7)37(48)17-20-50(38,11)49(36,10)24-25-51/h30,32-39,42H,12-29H2,1-11H3,(H,56,57)/t32?,33?,34?,35-,36-,37+,38-,39+,42-,48+,49-,50-,51+/m1/s1.